The highest BCUT2D eigenvalue weighted by atomic mass is 32.2. The summed E-state index contributed by atoms with van der Waals surface area (Å²) in [6.45, 7) is 4.18. The van der Waals surface area contributed by atoms with Gasteiger partial charge in [0.05, 0.1) is 11.5 Å². The Balaban J connectivity index is 1.97. The third-order valence-corrected chi connectivity index (χ3v) is 5.29. The van der Waals surface area contributed by atoms with E-state index in [0.717, 1.165) is 11.3 Å². The lowest BCUT2D eigenvalue weighted by Crippen LogP contribution is -2.47. The maximum atomic E-state index is 11.9. The van der Waals surface area contributed by atoms with Gasteiger partial charge in [0.2, 0.25) is 6.54 Å². The summed E-state index contributed by atoms with van der Waals surface area (Å²) in [6.07, 6.45) is 2.37. The molecular weight excluding hydrogens is 264 g/mol. The van der Waals surface area contributed by atoms with E-state index in [4.69, 9.17) is 0 Å². The molecule has 1 atom stereocenters. The molecule has 1 aliphatic heterocycles. The first-order valence-electron chi connectivity index (χ1n) is 6.33. The van der Waals surface area contributed by atoms with E-state index in [0.29, 0.717) is 6.42 Å². The van der Waals surface area contributed by atoms with Gasteiger partial charge in [0.1, 0.15) is 0 Å². The zero-order valence-corrected chi connectivity index (χ0v) is 12.0. The average molecular weight is 283 g/mol. The molecule has 0 saturated carbocycles. The maximum absolute atomic E-state index is 11.9. The summed E-state index contributed by atoms with van der Waals surface area (Å²) in [5.41, 5.74) is 2.16. The van der Waals surface area contributed by atoms with Crippen LogP contribution in [0.3, 0.4) is 0 Å². The van der Waals surface area contributed by atoms with Crippen LogP contribution in [0.15, 0.2) is 18.3 Å². The Labute approximate surface area is 113 Å². The van der Waals surface area contributed by atoms with E-state index in [2.05, 4.69) is 5.32 Å². The van der Waals surface area contributed by atoms with Crippen LogP contribution in [-0.4, -0.2) is 31.9 Å². The van der Waals surface area contributed by atoms with Crippen molar-refractivity contribution in [1.82, 2.24) is 5.32 Å². The molecule has 2 rings (SSSR count). The molecule has 1 aromatic heterocycles. The molecule has 0 aromatic carbocycles. The van der Waals surface area contributed by atoms with Gasteiger partial charge in [-0.1, -0.05) is 0 Å². The summed E-state index contributed by atoms with van der Waals surface area (Å²) in [6, 6.07) is 3.66. The number of hydrogen-bond donors (Lipinski definition) is 1. The van der Waals surface area contributed by atoms with Crippen molar-refractivity contribution >= 4 is 15.7 Å². The Morgan fingerprint density at radius 1 is 1.47 bits per heavy atom. The molecular formula is C13H19N2O3S+. The van der Waals surface area contributed by atoms with Crippen LogP contribution in [0.5, 0.6) is 0 Å². The van der Waals surface area contributed by atoms with Crippen molar-refractivity contribution in [3.05, 3.63) is 29.6 Å². The number of carbonyl (C=O) groups excluding carboxylic acids is 1. The lowest BCUT2D eigenvalue weighted by molar-refractivity contribution is -0.690. The molecule has 0 radical (unpaired) electrons. The van der Waals surface area contributed by atoms with Crippen molar-refractivity contribution < 1.29 is 17.8 Å². The number of aromatic nitrogens is 1. The first-order valence-corrected chi connectivity index (χ1v) is 8.15. The summed E-state index contributed by atoms with van der Waals surface area (Å²) in [5.74, 6) is 0.103. The van der Waals surface area contributed by atoms with Gasteiger partial charge in [-0.15, -0.1) is 0 Å². The largest absolute Gasteiger partial charge is 0.347 e. The third kappa shape index (κ3) is 3.53. The predicted molar refractivity (Wildman–Crippen MR) is 71.3 cm³/mol. The zero-order valence-electron chi connectivity index (χ0n) is 11.2. The van der Waals surface area contributed by atoms with E-state index in [1.807, 2.05) is 36.7 Å². The number of amides is 1. The minimum absolute atomic E-state index is 0.0657. The first-order chi connectivity index (χ1) is 8.87. The Morgan fingerprint density at radius 3 is 2.84 bits per heavy atom. The van der Waals surface area contributed by atoms with Gasteiger partial charge in [0.25, 0.3) is 5.91 Å². The van der Waals surface area contributed by atoms with Gasteiger partial charge >= 0.3 is 0 Å². The summed E-state index contributed by atoms with van der Waals surface area (Å²) in [4.78, 5) is 11.9. The molecule has 2 heterocycles. The average Bonchev–Trinajstić information content (AvgIpc) is 2.64. The highest BCUT2D eigenvalue weighted by molar-refractivity contribution is 7.91. The second-order valence-corrected chi connectivity index (χ2v) is 7.30. The quantitative estimate of drug-likeness (QED) is 0.787. The molecule has 1 N–H and O–H groups in total. The monoisotopic (exact) mass is 283 g/mol. The standard InChI is InChI=1S/C13H18N2O3S/c1-10-4-3-6-15(11(10)2)8-13(16)14-12-5-7-19(17,18)9-12/h3-4,6,12H,5,7-9H2,1-2H3/p+1/t12-/m0/s1. The third-order valence-electron chi connectivity index (χ3n) is 3.53. The fourth-order valence-corrected chi connectivity index (χ4v) is 3.93. The van der Waals surface area contributed by atoms with Gasteiger partial charge in [0, 0.05) is 24.6 Å². The van der Waals surface area contributed by atoms with E-state index < -0.39 is 9.84 Å². The fourth-order valence-electron chi connectivity index (χ4n) is 2.26. The van der Waals surface area contributed by atoms with Crippen molar-refractivity contribution in [3.63, 3.8) is 0 Å². The summed E-state index contributed by atoms with van der Waals surface area (Å²) >= 11 is 0. The van der Waals surface area contributed by atoms with Crippen LogP contribution >= 0.6 is 0 Å². The number of carbonyl (C=O) groups is 1. The van der Waals surface area contributed by atoms with Gasteiger partial charge in [-0.05, 0) is 19.4 Å². The number of nitrogens with one attached hydrogen (secondary N) is 1. The number of rotatable bonds is 3. The Morgan fingerprint density at radius 2 is 2.21 bits per heavy atom. The number of hydrogen-bond acceptors (Lipinski definition) is 3. The molecule has 5 nitrogen and oxygen atoms in total. The van der Waals surface area contributed by atoms with Crippen LogP contribution in [0.1, 0.15) is 17.7 Å². The summed E-state index contributed by atoms with van der Waals surface area (Å²) in [5, 5.41) is 2.79. The molecule has 104 valence electrons. The van der Waals surface area contributed by atoms with Crippen LogP contribution < -0.4 is 9.88 Å². The van der Waals surface area contributed by atoms with Crippen LogP contribution in [-0.2, 0) is 21.2 Å². The number of pyridine rings is 1. The van der Waals surface area contributed by atoms with Gasteiger partial charge < -0.3 is 5.32 Å². The number of aryl methyl sites for hydroxylation is 1. The van der Waals surface area contributed by atoms with Gasteiger partial charge in [0.15, 0.2) is 21.7 Å². The lowest BCUT2D eigenvalue weighted by Gasteiger charge is -2.09. The van der Waals surface area contributed by atoms with Gasteiger partial charge in [-0.2, -0.15) is 4.57 Å². The van der Waals surface area contributed by atoms with E-state index in [-0.39, 0.29) is 30.0 Å². The molecule has 1 saturated heterocycles. The second kappa shape index (κ2) is 5.28. The molecule has 1 aromatic rings. The van der Waals surface area contributed by atoms with Gasteiger partial charge in [-0.25, -0.2) is 8.42 Å². The zero-order chi connectivity index (χ0) is 14.0. The van der Waals surface area contributed by atoms with Crippen molar-refractivity contribution in [3.8, 4) is 0 Å². The first kappa shape index (κ1) is 14.0. The Kier molecular flexibility index (Phi) is 3.89. The van der Waals surface area contributed by atoms with Gasteiger partial charge in [-0.3, -0.25) is 4.79 Å². The van der Waals surface area contributed by atoms with E-state index in [9.17, 15) is 13.2 Å². The SMILES string of the molecule is Cc1ccc[n+](CC(=O)N[C@H]2CCS(=O)(=O)C2)c1C. The second-order valence-electron chi connectivity index (χ2n) is 5.07. The van der Waals surface area contributed by atoms with E-state index >= 15 is 0 Å². The molecule has 1 fully saturated rings. The topological polar surface area (TPSA) is 67.1 Å². The number of nitrogens with zero attached hydrogens (tertiary/aromatic N) is 1. The van der Waals surface area contributed by atoms with Crippen LogP contribution in [0.2, 0.25) is 0 Å². The molecule has 0 bridgehead atoms. The molecule has 0 aliphatic carbocycles. The minimum Gasteiger partial charge on any atom is -0.347 e. The van der Waals surface area contributed by atoms with Crippen molar-refractivity contribution in [2.45, 2.75) is 32.9 Å². The summed E-state index contributed by atoms with van der Waals surface area (Å²) < 4.78 is 24.5. The van der Waals surface area contributed by atoms with E-state index in [1.54, 1.807) is 0 Å². The minimum atomic E-state index is -2.95. The fraction of sp³-hybridized carbons (Fsp3) is 0.538. The molecule has 1 amide bonds. The highest BCUT2D eigenvalue weighted by Crippen LogP contribution is 2.10. The Bertz CT molecular complexity index is 596. The molecule has 0 unspecified atom stereocenters. The van der Waals surface area contributed by atoms with Crippen LogP contribution in [0.4, 0.5) is 0 Å². The molecule has 19 heavy (non-hydrogen) atoms. The molecule has 6 heteroatoms. The van der Waals surface area contributed by atoms with Crippen molar-refractivity contribution in [1.29, 1.82) is 0 Å². The molecule has 1 aliphatic rings. The lowest BCUT2D eigenvalue weighted by atomic mass is 10.2. The summed E-state index contributed by atoms with van der Waals surface area (Å²) in [7, 11) is -2.95. The normalized spacial score (nSPS) is 21.3. The van der Waals surface area contributed by atoms with Crippen LogP contribution in [0.25, 0.3) is 0 Å². The smallest absolute Gasteiger partial charge is 0.286 e. The van der Waals surface area contributed by atoms with E-state index in [1.165, 1.54) is 0 Å². The highest BCUT2D eigenvalue weighted by Gasteiger charge is 2.29. The maximum Gasteiger partial charge on any atom is 0.286 e. The number of sulfone groups is 1. The van der Waals surface area contributed by atoms with Crippen molar-refractivity contribution in [2.75, 3.05) is 11.5 Å². The molecule has 0 spiro atoms. The van der Waals surface area contributed by atoms with Crippen molar-refractivity contribution in [2.24, 2.45) is 0 Å². The predicted octanol–water partition coefficient (Wildman–Crippen LogP) is -0.106. The Hall–Kier alpha value is -1.43. The van der Waals surface area contributed by atoms with Crippen LogP contribution in [0, 0.1) is 13.8 Å².